The van der Waals surface area contributed by atoms with Crippen molar-refractivity contribution in [3.8, 4) is 0 Å². The monoisotopic (exact) mass is 252 g/mol. The SMILES string of the molecule is O=C(O)C1(CCc2cccs2)CC2CCC1O2. The number of rotatable bonds is 4. The summed E-state index contributed by atoms with van der Waals surface area (Å²) in [5, 5.41) is 11.6. The Labute approximate surface area is 104 Å². The molecule has 4 heteroatoms. The van der Waals surface area contributed by atoms with Gasteiger partial charge in [0.05, 0.1) is 17.6 Å². The Balaban J connectivity index is 1.75. The largest absolute Gasteiger partial charge is 0.481 e. The minimum absolute atomic E-state index is 0.0510. The van der Waals surface area contributed by atoms with Crippen LogP contribution in [0.25, 0.3) is 0 Å². The summed E-state index contributed by atoms with van der Waals surface area (Å²) < 4.78 is 5.74. The molecular formula is C13H16O3S. The lowest BCUT2D eigenvalue weighted by atomic mass is 9.71. The van der Waals surface area contributed by atoms with Crippen LogP contribution in [0.2, 0.25) is 0 Å². The molecule has 3 atom stereocenters. The molecule has 2 fully saturated rings. The molecule has 3 unspecified atom stereocenters. The lowest BCUT2D eigenvalue weighted by Gasteiger charge is -2.30. The van der Waals surface area contributed by atoms with Gasteiger partial charge in [0.1, 0.15) is 0 Å². The first-order chi connectivity index (χ1) is 8.21. The summed E-state index contributed by atoms with van der Waals surface area (Å²) in [4.78, 5) is 12.9. The van der Waals surface area contributed by atoms with E-state index in [9.17, 15) is 9.90 Å². The molecule has 17 heavy (non-hydrogen) atoms. The second kappa shape index (κ2) is 4.10. The normalized spacial score (nSPS) is 35.3. The zero-order valence-corrected chi connectivity index (χ0v) is 10.4. The van der Waals surface area contributed by atoms with Crippen LogP contribution in [0.1, 0.15) is 30.6 Å². The smallest absolute Gasteiger partial charge is 0.312 e. The van der Waals surface area contributed by atoms with E-state index >= 15 is 0 Å². The molecule has 0 radical (unpaired) electrons. The molecule has 3 heterocycles. The van der Waals surface area contributed by atoms with E-state index in [1.54, 1.807) is 11.3 Å². The van der Waals surface area contributed by atoms with Gasteiger partial charge in [0.25, 0.3) is 0 Å². The Morgan fingerprint density at radius 3 is 3.00 bits per heavy atom. The Hall–Kier alpha value is -0.870. The number of carboxylic acid groups (broad SMARTS) is 1. The first kappa shape index (κ1) is 11.2. The third-order valence-electron chi connectivity index (χ3n) is 4.14. The zero-order chi connectivity index (χ0) is 11.9. The van der Waals surface area contributed by atoms with E-state index < -0.39 is 11.4 Å². The highest BCUT2D eigenvalue weighted by atomic mass is 32.1. The number of hydrogen-bond acceptors (Lipinski definition) is 3. The van der Waals surface area contributed by atoms with Crippen molar-refractivity contribution in [1.29, 1.82) is 0 Å². The van der Waals surface area contributed by atoms with Crippen LogP contribution in [0.4, 0.5) is 0 Å². The van der Waals surface area contributed by atoms with Crippen molar-refractivity contribution in [3.63, 3.8) is 0 Å². The van der Waals surface area contributed by atoms with Gasteiger partial charge in [0.2, 0.25) is 0 Å². The molecule has 0 saturated carbocycles. The second-order valence-corrected chi connectivity index (χ2v) is 6.10. The van der Waals surface area contributed by atoms with Crippen LogP contribution in [-0.2, 0) is 16.0 Å². The third kappa shape index (κ3) is 1.79. The van der Waals surface area contributed by atoms with Crippen LogP contribution in [0.5, 0.6) is 0 Å². The molecule has 2 aliphatic rings. The van der Waals surface area contributed by atoms with Crippen LogP contribution in [0.15, 0.2) is 17.5 Å². The van der Waals surface area contributed by atoms with E-state index in [-0.39, 0.29) is 12.2 Å². The van der Waals surface area contributed by atoms with Gasteiger partial charge in [0.15, 0.2) is 0 Å². The van der Waals surface area contributed by atoms with Crippen molar-refractivity contribution in [1.82, 2.24) is 0 Å². The number of thiophene rings is 1. The molecule has 0 spiro atoms. The highest BCUT2D eigenvalue weighted by molar-refractivity contribution is 7.09. The highest BCUT2D eigenvalue weighted by Gasteiger charge is 2.56. The Kier molecular flexibility index (Phi) is 2.71. The van der Waals surface area contributed by atoms with Crippen molar-refractivity contribution in [2.24, 2.45) is 5.41 Å². The van der Waals surface area contributed by atoms with Gasteiger partial charge in [-0.3, -0.25) is 4.79 Å². The number of carbonyl (C=O) groups is 1. The van der Waals surface area contributed by atoms with Gasteiger partial charge in [-0.15, -0.1) is 11.3 Å². The van der Waals surface area contributed by atoms with E-state index in [0.29, 0.717) is 12.8 Å². The fourth-order valence-electron chi connectivity index (χ4n) is 3.20. The molecule has 0 amide bonds. The Bertz CT molecular complexity index is 414. The second-order valence-electron chi connectivity index (χ2n) is 5.07. The van der Waals surface area contributed by atoms with Gasteiger partial charge in [-0.05, 0) is 43.6 Å². The van der Waals surface area contributed by atoms with E-state index in [4.69, 9.17) is 4.74 Å². The van der Waals surface area contributed by atoms with Gasteiger partial charge in [-0.2, -0.15) is 0 Å². The molecule has 0 aliphatic carbocycles. The minimum Gasteiger partial charge on any atom is -0.481 e. The predicted octanol–water partition coefficient (Wildman–Crippen LogP) is 2.70. The number of aliphatic carboxylic acids is 1. The molecule has 2 bridgehead atoms. The predicted molar refractivity (Wildman–Crippen MR) is 65.2 cm³/mol. The summed E-state index contributed by atoms with van der Waals surface area (Å²) in [6.45, 7) is 0. The molecule has 1 aromatic rings. The lowest BCUT2D eigenvalue weighted by Crippen LogP contribution is -2.40. The minimum atomic E-state index is -0.666. The quantitative estimate of drug-likeness (QED) is 0.896. The first-order valence-electron chi connectivity index (χ1n) is 6.12. The summed E-state index contributed by atoms with van der Waals surface area (Å²) >= 11 is 1.70. The average Bonchev–Trinajstić information content (AvgIpc) is 3.02. The van der Waals surface area contributed by atoms with Gasteiger partial charge < -0.3 is 9.84 Å². The molecule has 92 valence electrons. The van der Waals surface area contributed by atoms with E-state index in [1.165, 1.54) is 4.88 Å². The van der Waals surface area contributed by atoms with Crippen molar-refractivity contribution in [2.75, 3.05) is 0 Å². The van der Waals surface area contributed by atoms with Crippen molar-refractivity contribution in [3.05, 3.63) is 22.4 Å². The van der Waals surface area contributed by atoms with Crippen LogP contribution < -0.4 is 0 Å². The number of aryl methyl sites for hydroxylation is 1. The fraction of sp³-hybridized carbons (Fsp3) is 0.615. The van der Waals surface area contributed by atoms with Crippen LogP contribution >= 0.6 is 11.3 Å². The van der Waals surface area contributed by atoms with Crippen LogP contribution in [-0.4, -0.2) is 23.3 Å². The summed E-state index contributed by atoms with van der Waals surface area (Å²) in [6, 6.07) is 4.10. The van der Waals surface area contributed by atoms with Crippen molar-refractivity contribution < 1.29 is 14.6 Å². The van der Waals surface area contributed by atoms with Crippen molar-refractivity contribution in [2.45, 2.75) is 44.3 Å². The average molecular weight is 252 g/mol. The molecule has 1 aromatic heterocycles. The van der Waals surface area contributed by atoms with Gasteiger partial charge in [-0.25, -0.2) is 0 Å². The van der Waals surface area contributed by atoms with Crippen LogP contribution in [0, 0.1) is 5.41 Å². The topological polar surface area (TPSA) is 46.5 Å². The van der Waals surface area contributed by atoms with E-state index in [0.717, 1.165) is 19.3 Å². The summed E-state index contributed by atoms with van der Waals surface area (Å²) in [6.07, 6.45) is 4.38. The number of carboxylic acids is 1. The molecule has 1 N–H and O–H groups in total. The van der Waals surface area contributed by atoms with Crippen molar-refractivity contribution >= 4 is 17.3 Å². The fourth-order valence-corrected chi connectivity index (χ4v) is 3.91. The summed E-state index contributed by atoms with van der Waals surface area (Å²) in [5.41, 5.74) is -0.618. The molecule has 3 rings (SSSR count). The van der Waals surface area contributed by atoms with Gasteiger partial charge in [0, 0.05) is 4.88 Å². The Morgan fingerprint density at radius 1 is 1.59 bits per heavy atom. The highest BCUT2D eigenvalue weighted by Crippen LogP contribution is 2.50. The maximum atomic E-state index is 11.6. The van der Waals surface area contributed by atoms with E-state index in [2.05, 4.69) is 6.07 Å². The lowest BCUT2D eigenvalue weighted by molar-refractivity contribution is -0.152. The Morgan fingerprint density at radius 2 is 2.47 bits per heavy atom. The standard InChI is InChI=1S/C13H16O3S/c14-12(15)13(6-5-10-2-1-7-17-10)8-9-3-4-11(13)16-9/h1-2,7,9,11H,3-6,8H2,(H,14,15). The molecular weight excluding hydrogens is 236 g/mol. The van der Waals surface area contributed by atoms with Crippen LogP contribution in [0.3, 0.4) is 0 Å². The third-order valence-corrected chi connectivity index (χ3v) is 5.08. The number of ether oxygens (including phenoxy) is 1. The number of hydrogen-bond donors (Lipinski definition) is 1. The molecule has 2 aliphatic heterocycles. The van der Waals surface area contributed by atoms with Gasteiger partial charge >= 0.3 is 5.97 Å². The summed E-state index contributed by atoms with van der Waals surface area (Å²) in [5.74, 6) is -0.666. The zero-order valence-electron chi connectivity index (χ0n) is 9.59. The molecule has 0 aromatic carbocycles. The summed E-state index contributed by atoms with van der Waals surface area (Å²) in [7, 11) is 0. The number of fused-ring (bicyclic) bond motifs is 2. The van der Waals surface area contributed by atoms with Gasteiger partial charge in [-0.1, -0.05) is 6.07 Å². The molecule has 3 nitrogen and oxygen atoms in total. The molecule has 2 saturated heterocycles. The maximum Gasteiger partial charge on any atom is 0.312 e. The van der Waals surface area contributed by atoms with E-state index in [1.807, 2.05) is 11.4 Å². The first-order valence-corrected chi connectivity index (χ1v) is 7.00. The maximum absolute atomic E-state index is 11.6.